The second-order valence-corrected chi connectivity index (χ2v) is 7.95. The Hall–Kier alpha value is -3.39. The Balaban J connectivity index is 1.65. The van der Waals surface area contributed by atoms with Gasteiger partial charge in [0.15, 0.2) is 11.9 Å². The van der Waals surface area contributed by atoms with Crippen LogP contribution in [0, 0.1) is 6.92 Å². The van der Waals surface area contributed by atoms with Crippen LogP contribution >= 0.6 is 11.6 Å². The van der Waals surface area contributed by atoms with Crippen molar-refractivity contribution in [2.75, 3.05) is 11.9 Å². The van der Waals surface area contributed by atoms with E-state index < -0.39 is 18.2 Å². The van der Waals surface area contributed by atoms with Gasteiger partial charge in [0.1, 0.15) is 6.17 Å². The molecule has 0 aliphatic carbocycles. The van der Waals surface area contributed by atoms with Crippen molar-refractivity contribution >= 4 is 29.5 Å². The molecule has 0 saturated carbocycles. The number of imide groups is 1. The summed E-state index contributed by atoms with van der Waals surface area (Å²) in [7, 11) is 1.67. The fraction of sp³-hybridized carbons (Fsp3) is 0.238. The molecular formula is C21H19ClN6O2. The average molecular weight is 423 g/mol. The van der Waals surface area contributed by atoms with Crippen molar-refractivity contribution in [3.8, 4) is 11.4 Å². The lowest BCUT2D eigenvalue weighted by molar-refractivity contribution is -0.124. The van der Waals surface area contributed by atoms with E-state index in [1.807, 2.05) is 64.9 Å². The third-order valence-electron chi connectivity index (χ3n) is 5.64. The molecule has 5 rings (SSSR count). The molecular weight excluding hydrogens is 404 g/mol. The largest absolute Gasteiger partial charge is 0.325 e. The number of anilines is 1. The molecule has 8 nitrogen and oxygen atoms in total. The van der Waals surface area contributed by atoms with Gasteiger partial charge in [-0.25, -0.2) is 4.79 Å². The molecule has 3 aromatic rings. The van der Waals surface area contributed by atoms with Crippen LogP contribution in [0.1, 0.15) is 17.3 Å². The molecule has 2 aromatic carbocycles. The summed E-state index contributed by atoms with van der Waals surface area (Å²) in [5.41, 5.74) is 2.85. The first kappa shape index (κ1) is 18.6. The first-order chi connectivity index (χ1) is 14.5. The van der Waals surface area contributed by atoms with Gasteiger partial charge in [-0.05, 0) is 18.6 Å². The van der Waals surface area contributed by atoms with Crippen LogP contribution in [-0.2, 0) is 11.3 Å². The highest BCUT2D eigenvalue weighted by Gasteiger charge is 2.52. The summed E-state index contributed by atoms with van der Waals surface area (Å²) in [4.78, 5) is 28.6. The second kappa shape index (κ2) is 6.84. The lowest BCUT2D eigenvalue weighted by Gasteiger charge is -2.37. The molecule has 3 amide bonds. The van der Waals surface area contributed by atoms with E-state index >= 15 is 0 Å². The van der Waals surface area contributed by atoms with Crippen LogP contribution in [0.4, 0.5) is 10.7 Å². The number of nitrogens with one attached hydrogen (secondary N) is 1. The minimum absolute atomic E-state index is 0.363. The molecule has 0 spiro atoms. The van der Waals surface area contributed by atoms with Gasteiger partial charge in [-0.15, -0.1) is 10.2 Å². The van der Waals surface area contributed by atoms with Gasteiger partial charge in [-0.3, -0.25) is 14.7 Å². The summed E-state index contributed by atoms with van der Waals surface area (Å²) in [6, 6.07) is 14.3. The lowest BCUT2D eigenvalue weighted by Crippen LogP contribution is -2.61. The molecule has 0 bridgehead atoms. The van der Waals surface area contributed by atoms with E-state index in [4.69, 9.17) is 11.6 Å². The molecule has 9 heteroatoms. The van der Waals surface area contributed by atoms with Gasteiger partial charge < -0.3 is 9.80 Å². The zero-order valence-corrected chi connectivity index (χ0v) is 17.2. The molecule has 1 saturated heterocycles. The molecule has 1 fully saturated rings. The number of benzene rings is 2. The van der Waals surface area contributed by atoms with Crippen LogP contribution in [0.15, 0.2) is 48.5 Å². The molecule has 2 unspecified atom stereocenters. The highest BCUT2D eigenvalue weighted by Crippen LogP contribution is 2.41. The number of likely N-dealkylation sites (N-methyl/N-ethyl adjacent to an activating group) is 1. The quantitative estimate of drug-likeness (QED) is 0.701. The van der Waals surface area contributed by atoms with Crippen molar-refractivity contribution in [1.82, 2.24) is 25.0 Å². The first-order valence-corrected chi connectivity index (χ1v) is 9.93. The monoisotopic (exact) mass is 422 g/mol. The number of halogens is 1. The van der Waals surface area contributed by atoms with E-state index in [0.717, 1.165) is 16.7 Å². The smallest absolute Gasteiger partial charge is 0.321 e. The van der Waals surface area contributed by atoms with Crippen LogP contribution in [0.5, 0.6) is 0 Å². The van der Waals surface area contributed by atoms with E-state index in [0.29, 0.717) is 23.3 Å². The Labute approximate surface area is 178 Å². The molecule has 152 valence electrons. The minimum Gasteiger partial charge on any atom is -0.321 e. The van der Waals surface area contributed by atoms with Gasteiger partial charge in [0.05, 0.1) is 0 Å². The number of hydrogen-bond donors (Lipinski definition) is 1. The van der Waals surface area contributed by atoms with Crippen molar-refractivity contribution < 1.29 is 9.59 Å². The molecule has 1 aromatic heterocycles. The van der Waals surface area contributed by atoms with Crippen molar-refractivity contribution in [3.63, 3.8) is 0 Å². The van der Waals surface area contributed by atoms with Crippen LogP contribution < -0.4 is 10.2 Å². The minimum atomic E-state index is -0.640. The topological polar surface area (TPSA) is 83.4 Å². The van der Waals surface area contributed by atoms with E-state index in [1.165, 1.54) is 4.90 Å². The van der Waals surface area contributed by atoms with Crippen molar-refractivity contribution in [3.05, 3.63) is 64.7 Å². The van der Waals surface area contributed by atoms with E-state index in [1.54, 1.807) is 7.05 Å². The molecule has 30 heavy (non-hydrogen) atoms. The molecule has 2 aliphatic heterocycles. The maximum absolute atomic E-state index is 12.9. The number of nitrogens with zero attached hydrogens (tertiary/aromatic N) is 5. The number of carbonyl (C=O) groups excluding carboxylic acids is 2. The van der Waals surface area contributed by atoms with Crippen molar-refractivity contribution in [2.45, 2.75) is 25.7 Å². The van der Waals surface area contributed by atoms with Crippen LogP contribution in [-0.4, -0.2) is 44.7 Å². The summed E-state index contributed by atoms with van der Waals surface area (Å²) in [6.07, 6.45) is -0.560. The summed E-state index contributed by atoms with van der Waals surface area (Å²) in [5, 5.41) is 11.8. The van der Waals surface area contributed by atoms with Gasteiger partial charge in [-0.2, -0.15) is 0 Å². The van der Waals surface area contributed by atoms with Gasteiger partial charge >= 0.3 is 6.03 Å². The number of aryl methyl sites for hydroxylation is 1. The second-order valence-electron chi connectivity index (χ2n) is 7.54. The average Bonchev–Trinajstić information content (AvgIpc) is 3.28. The number of carbonyl (C=O) groups is 2. The predicted molar refractivity (Wildman–Crippen MR) is 112 cm³/mol. The maximum Gasteiger partial charge on any atom is 0.325 e. The SMILES string of the molecule is Cc1ccc(-c2nnc3n2C2C(C(=O)NC(=O)N2C)N3Cc2ccccc2Cl)cc1. The Bertz CT molecular complexity index is 1160. The molecule has 3 heterocycles. The van der Waals surface area contributed by atoms with Crippen molar-refractivity contribution in [1.29, 1.82) is 0 Å². The Morgan fingerprint density at radius 3 is 2.53 bits per heavy atom. The number of urea groups is 1. The number of fused-ring (bicyclic) bond motifs is 3. The van der Waals surface area contributed by atoms with E-state index in [9.17, 15) is 9.59 Å². The molecule has 2 atom stereocenters. The number of amides is 3. The fourth-order valence-electron chi connectivity index (χ4n) is 4.08. The van der Waals surface area contributed by atoms with Gasteiger partial charge in [0.25, 0.3) is 5.91 Å². The summed E-state index contributed by atoms with van der Waals surface area (Å²) < 4.78 is 1.86. The van der Waals surface area contributed by atoms with Crippen LogP contribution in [0.25, 0.3) is 11.4 Å². The fourth-order valence-corrected chi connectivity index (χ4v) is 4.27. The first-order valence-electron chi connectivity index (χ1n) is 9.55. The highest BCUT2D eigenvalue weighted by atomic mass is 35.5. The van der Waals surface area contributed by atoms with Gasteiger partial charge in [-0.1, -0.05) is 59.6 Å². The molecule has 1 N–H and O–H groups in total. The standard InChI is InChI=1S/C21H19ClN6O2/c1-12-7-9-13(10-8-12)17-24-25-20-27(11-14-5-3-4-6-15(14)22)16-18(29)23-21(30)26(2)19(16)28(17)20/h3-10,16,19H,11H2,1-2H3,(H,23,29,30). The van der Waals surface area contributed by atoms with E-state index in [-0.39, 0.29) is 5.91 Å². The summed E-state index contributed by atoms with van der Waals surface area (Å²) in [5.74, 6) is 0.767. The number of aromatic nitrogens is 3. The zero-order chi connectivity index (χ0) is 21.0. The predicted octanol–water partition coefficient (Wildman–Crippen LogP) is 2.98. The lowest BCUT2D eigenvalue weighted by atomic mass is 10.1. The summed E-state index contributed by atoms with van der Waals surface area (Å²) >= 11 is 6.37. The van der Waals surface area contributed by atoms with Crippen LogP contribution in [0.3, 0.4) is 0 Å². The summed E-state index contributed by atoms with van der Waals surface area (Å²) in [6.45, 7) is 2.37. The third-order valence-corrected chi connectivity index (χ3v) is 6.01. The highest BCUT2D eigenvalue weighted by molar-refractivity contribution is 6.31. The Morgan fingerprint density at radius 2 is 1.80 bits per heavy atom. The number of hydrogen-bond acceptors (Lipinski definition) is 5. The zero-order valence-electron chi connectivity index (χ0n) is 16.4. The number of rotatable bonds is 3. The maximum atomic E-state index is 12.9. The van der Waals surface area contributed by atoms with Gasteiger partial charge in [0.2, 0.25) is 5.95 Å². The molecule has 2 aliphatic rings. The third kappa shape index (κ3) is 2.75. The normalized spacial score (nSPS) is 20.2. The molecule has 0 radical (unpaired) electrons. The Morgan fingerprint density at radius 1 is 1.07 bits per heavy atom. The van der Waals surface area contributed by atoms with E-state index in [2.05, 4.69) is 15.5 Å². The Kier molecular flexibility index (Phi) is 4.25. The van der Waals surface area contributed by atoms with Gasteiger partial charge in [0, 0.05) is 24.2 Å². The van der Waals surface area contributed by atoms with Crippen LogP contribution in [0.2, 0.25) is 5.02 Å². The van der Waals surface area contributed by atoms with Crippen molar-refractivity contribution in [2.24, 2.45) is 0 Å².